The molecule has 0 heterocycles. The van der Waals surface area contributed by atoms with Gasteiger partial charge in [0.25, 0.3) is 0 Å². The molecule has 0 bridgehead atoms. The highest BCUT2D eigenvalue weighted by molar-refractivity contribution is 6.12. The summed E-state index contributed by atoms with van der Waals surface area (Å²) in [5.74, 6) is -3.93. The number of hydrogen-bond acceptors (Lipinski definition) is 4. The van der Waals surface area contributed by atoms with Crippen LogP contribution in [-0.4, -0.2) is 29.2 Å². The second-order valence-electron chi connectivity index (χ2n) is 5.69. The molecule has 8 heteroatoms. The first-order valence-corrected chi connectivity index (χ1v) is 7.47. The molecule has 0 saturated carbocycles. The van der Waals surface area contributed by atoms with Gasteiger partial charge in [-0.1, -0.05) is 13.3 Å². The van der Waals surface area contributed by atoms with Crippen LogP contribution >= 0.6 is 0 Å². The van der Waals surface area contributed by atoms with Gasteiger partial charge in [0.1, 0.15) is 11.6 Å². The van der Waals surface area contributed by atoms with E-state index in [9.17, 15) is 23.2 Å². The molecule has 132 valence electrons. The van der Waals surface area contributed by atoms with Crippen molar-refractivity contribution in [3.63, 3.8) is 0 Å². The highest BCUT2D eigenvalue weighted by Crippen LogP contribution is 2.14. The van der Waals surface area contributed by atoms with E-state index in [2.05, 4.69) is 5.32 Å². The third-order valence-electron chi connectivity index (χ3n) is 3.58. The number of rotatable bonds is 8. The average Bonchev–Trinajstić information content (AvgIpc) is 2.44. The fraction of sp³-hybridized carbons (Fsp3) is 0.438. The molecule has 0 fully saturated rings. The molecule has 24 heavy (non-hydrogen) atoms. The number of carbonyl (C=O) groups excluding carboxylic acids is 3. The normalized spacial score (nSPS) is 14.5. The molecule has 0 aliphatic rings. The maximum atomic E-state index is 13.1. The van der Waals surface area contributed by atoms with E-state index < -0.39 is 40.8 Å². The molecule has 0 aliphatic carbocycles. The summed E-state index contributed by atoms with van der Waals surface area (Å²) in [4.78, 5) is 35.8. The van der Waals surface area contributed by atoms with Crippen molar-refractivity contribution in [1.29, 1.82) is 0 Å². The zero-order valence-corrected chi connectivity index (χ0v) is 13.6. The molecule has 5 N–H and O–H groups in total. The number of carbonyl (C=O) groups is 3. The lowest BCUT2D eigenvalue weighted by molar-refractivity contribution is -0.137. The Kier molecular flexibility index (Phi) is 6.53. The summed E-state index contributed by atoms with van der Waals surface area (Å²) < 4.78 is 26.2. The highest BCUT2D eigenvalue weighted by atomic mass is 19.1. The van der Waals surface area contributed by atoms with Gasteiger partial charge in [-0.2, -0.15) is 0 Å². The van der Waals surface area contributed by atoms with Crippen molar-refractivity contribution in [1.82, 2.24) is 5.32 Å². The standard InChI is InChI=1S/C16H21F2N3O3/c1-3-4-16(20,15(19)24)14(23)9(2)21-13(22)7-10-5-11(17)8-12(18)6-10/h5-6,8-9H,3-4,7,20H2,1-2H3,(H2,19,24)(H,21,22)/t9-,16-/m0/s1. The summed E-state index contributed by atoms with van der Waals surface area (Å²) in [6.07, 6.45) is 0.180. The predicted molar refractivity (Wildman–Crippen MR) is 83.7 cm³/mol. The average molecular weight is 341 g/mol. The number of ketones is 1. The Morgan fingerprint density at radius 3 is 2.21 bits per heavy atom. The van der Waals surface area contributed by atoms with Crippen LogP contribution in [0.15, 0.2) is 18.2 Å². The van der Waals surface area contributed by atoms with Crippen LogP contribution in [0.3, 0.4) is 0 Å². The molecule has 6 nitrogen and oxygen atoms in total. The van der Waals surface area contributed by atoms with E-state index >= 15 is 0 Å². The van der Waals surface area contributed by atoms with Crippen molar-refractivity contribution in [3.05, 3.63) is 35.4 Å². The van der Waals surface area contributed by atoms with E-state index in [1.165, 1.54) is 6.92 Å². The topological polar surface area (TPSA) is 115 Å². The number of halogens is 2. The Labute approximate surface area is 138 Å². The van der Waals surface area contributed by atoms with Gasteiger partial charge in [-0.3, -0.25) is 14.4 Å². The van der Waals surface area contributed by atoms with Crippen LogP contribution in [0.25, 0.3) is 0 Å². The van der Waals surface area contributed by atoms with Gasteiger partial charge < -0.3 is 16.8 Å². The third-order valence-corrected chi connectivity index (χ3v) is 3.58. The third kappa shape index (κ3) is 4.82. The molecule has 1 aromatic carbocycles. The Morgan fingerprint density at radius 2 is 1.75 bits per heavy atom. The molecule has 0 unspecified atom stereocenters. The molecular weight excluding hydrogens is 320 g/mol. The lowest BCUT2D eigenvalue weighted by Gasteiger charge is -2.27. The minimum Gasteiger partial charge on any atom is -0.368 e. The van der Waals surface area contributed by atoms with E-state index in [0.717, 1.165) is 12.1 Å². The number of hydrogen-bond donors (Lipinski definition) is 3. The van der Waals surface area contributed by atoms with Crippen molar-refractivity contribution in [2.24, 2.45) is 11.5 Å². The minimum absolute atomic E-state index is 0.0521. The maximum Gasteiger partial charge on any atom is 0.245 e. The lowest BCUT2D eigenvalue weighted by Crippen LogP contribution is -2.63. The number of primary amides is 1. The molecule has 0 aliphatic heterocycles. The lowest BCUT2D eigenvalue weighted by atomic mass is 9.85. The van der Waals surface area contributed by atoms with Crippen molar-refractivity contribution in [2.45, 2.75) is 44.7 Å². The largest absolute Gasteiger partial charge is 0.368 e. The molecule has 2 amide bonds. The monoisotopic (exact) mass is 341 g/mol. The molecule has 1 aromatic rings. The summed E-state index contributed by atoms with van der Waals surface area (Å²) in [6.45, 7) is 3.10. The first kappa shape index (κ1) is 19.7. The van der Waals surface area contributed by atoms with E-state index in [-0.39, 0.29) is 18.4 Å². The summed E-state index contributed by atoms with van der Waals surface area (Å²) in [5.41, 5.74) is 9.24. The van der Waals surface area contributed by atoms with Crippen LogP contribution in [0.5, 0.6) is 0 Å². The fourth-order valence-corrected chi connectivity index (χ4v) is 2.40. The van der Waals surface area contributed by atoms with Crippen LogP contribution in [0, 0.1) is 11.6 Å². The zero-order valence-electron chi connectivity index (χ0n) is 13.6. The first-order chi connectivity index (χ1) is 11.1. The quantitative estimate of drug-likeness (QED) is 0.599. The van der Waals surface area contributed by atoms with Gasteiger partial charge in [0.05, 0.1) is 12.5 Å². The van der Waals surface area contributed by atoms with Gasteiger partial charge in [-0.25, -0.2) is 8.78 Å². The summed E-state index contributed by atoms with van der Waals surface area (Å²) in [7, 11) is 0. The molecule has 0 saturated heterocycles. The molecule has 2 atom stereocenters. The Hall–Kier alpha value is -2.35. The van der Waals surface area contributed by atoms with Crippen molar-refractivity contribution >= 4 is 17.6 Å². The van der Waals surface area contributed by atoms with Crippen LogP contribution in [0.1, 0.15) is 32.3 Å². The van der Waals surface area contributed by atoms with Crippen LogP contribution in [-0.2, 0) is 20.8 Å². The number of nitrogens with one attached hydrogen (secondary N) is 1. The first-order valence-electron chi connectivity index (χ1n) is 7.47. The van der Waals surface area contributed by atoms with Gasteiger partial charge in [0.2, 0.25) is 11.8 Å². The van der Waals surface area contributed by atoms with Crippen LogP contribution < -0.4 is 16.8 Å². The van der Waals surface area contributed by atoms with Crippen molar-refractivity contribution in [3.8, 4) is 0 Å². The Bertz CT molecular complexity index is 631. The van der Waals surface area contributed by atoms with Gasteiger partial charge in [-0.05, 0) is 31.0 Å². The molecule has 0 spiro atoms. The van der Waals surface area contributed by atoms with E-state index in [1.807, 2.05) is 0 Å². The smallest absolute Gasteiger partial charge is 0.245 e. The summed E-state index contributed by atoms with van der Waals surface area (Å²) in [6, 6.07) is 1.65. The highest BCUT2D eigenvalue weighted by Gasteiger charge is 2.41. The Morgan fingerprint density at radius 1 is 1.21 bits per heavy atom. The fourth-order valence-electron chi connectivity index (χ4n) is 2.40. The number of nitrogens with two attached hydrogens (primary N) is 2. The summed E-state index contributed by atoms with van der Waals surface area (Å²) in [5, 5.41) is 2.36. The van der Waals surface area contributed by atoms with Gasteiger partial charge in [-0.15, -0.1) is 0 Å². The van der Waals surface area contributed by atoms with E-state index in [4.69, 9.17) is 11.5 Å². The maximum absolute atomic E-state index is 13.1. The second-order valence-corrected chi connectivity index (χ2v) is 5.69. The molecule has 0 radical (unpaired) electrons. The predicted octanol–water partition coefficient (Wildman–Crippen LogP) is 0.564. The van der Waals surface area contributed by atoms with Crippen LogP contribution in [0.4, 0.5) is 8.78 Å². The van der Waals surface area contributed by atoms with E-state index in [1.54, 1.807) is 6.92 Å². The van der Waals surface area contributed by atoms with Gasteiger partial charge >= 0.3 is 0 Å². The number of Topliss-reactive ketones (excluding diaryl/α,β-unsaturated/α-hetero) is 1. The van der Waals surface area contributed by atoms with Crippen molar-refractivity contribution in [2.75, 3.05) is 0 Å². The SMILES string of the molecule is CCC[C@@](N)(C(N)=O)C(=O)[C@H](C)NC(=O)Cc1cc(F)cc(F)c1. The Balaban J connectivity index is 2.78. The minimum atomic E-state index is -1.87. The zero-order chi connectivity index (χ0) is 18.5. The van der Waals surface area contributed by atoms with Crippen molar-refractivity contribution < 1.29 is 23.2 Å². The molecule has 0 aromatic heterocycles. The number of amides is 2. The van der Waals surface area contributed by atoms with Gasteiger partial charge in [0, 0.05) is 6.07 Å². The van der Waals surface area contributed by atoms with E-state index in [0.29, 0.717) is 12.5 Å². The molecule has 1 rings (SSSR count). The van der Waals surface area contributed by atoms with Gasteiger partial charge in [0.15, 0.2) is 11.3 Å². The second kappa shape index (κ2) is 7.96. The molecular formula is C16H21F2N3O3. The number of benzene rings is 1. The summed E-state index contributed by atoms with van der Waals surface area (Å²) >= 11 is 0. The van der Waals surface area contributed by atoms with Crippen LogP contribution in [0.2, 0.25) is 0 Å².